The van der Waals surface area contributed by atoms with E-state index in [1.54, 1.807) is 0 Å². The summed E-state index contributed by atoms with van der Waals surface area (Å²) in [6, 6.07) is 7.73. The predicted octanol–water partition coefficient (Wildman–Crippen LogP) is 1.07. The van der Waals surface area contributed by atoms with Crippen LogP contribution in [0.3, 0.4) is 0 Å². The molecule has 0 aliphatic heterocycles. The molecule has 0 bridgehead atoms. The van der Waals surface area contributed by atoms with E-state index in [9.17, 15) is 0 Å². The third kappa shape index (κ3) is 2.30. The van der Waals surface area contributed by atoms with Crippen molar-refractivity contribution in [1.29, 1.82) is 0 Å². The molecule has 62 valence electrons. The number of rotatable bonds is 1. The van der Waals surface area contributed by atoms with Crippen LogP contribution in [-0.4, -0.2) is 18.8 Å². The van der Waals surface area contributed by atoms with E-state index in [1.807, 2.05) is 31.3 Å². The second-order valence-electron chi connectivity index (χ2n) is 2.29. The second kappa shape index (κ2) is 4.42. The van der Waals surface area contributed by atoms with Crippen LogP contribution in [0.5, 0.6) is 0 Å². The lowest BCUT2D eigenvalue weighted by Crippen LogP contribution is -1.87. The van der Waals surface area contributed by atoms with Crippen molar-refractivity contribution in [2.75, 3.05) is 19.0 Å². The fourth-order valence-corrected chi connectivity index (χ4v) is 0.894. The van der Waals surface area contributed by atoms with Crippen LogP contribution in [0.1, 0.15) is 5.56 Å². The Labute approximate surface area is 72.2 Å². The maximum Gasteiger partial charge on any atom is 0.104 e. The van der Waals surface area contributed by atoms with Gasteiger partial charge in [-0.2, -0.15) is 0 Å². The van der Waals surface area contributed by atoms with E-state index in [4.69, 9.17) is 5.11 Å². The average molecular weight is 161 g/mol. The summed E-state index contributed by atoms with van der Waals surface area (Å²) < 4.78 is 0. The monoisotopic (exact) mass is 161 g/mol. The van der Waals surface area contributed by atoms with Crippen LogP contribution in [0, 0.1) is 11.8 Å². The molecule has 0 atom stereocenters. The number of nitrogens with one attached hydrogen (secondary N) is 1. The molecule has 0 radical (unpaired) electrons. The molecule has 1 aromatic rings. The Morgan fingerprint density at radius 2 is 2.33 bits per heavy atom. The number of aliphatic hydroxyl groups is 1. The van der Waals surface area contributed by atoms with Gasteiger partial charge in [0.05, 0.1) is 0 Å². The van der Waals surface area contributed by atoms with Gasteiger partial charge in [0.1, 0.15) is 6.61 Å². The Hall–Kier alpha value is -1.46. The third-order valence-electron chi connectivity index (χ3n) is 1.46. The highest BCUT2D eigenvalue weighted by molar-refractivity contribution is 5.49. The van der Waals surface area contributed by atoms with Crippen molar-refractivity contribution in [3.8, 4) is 11.8 Å². The van der Waals surface area contributed by atoms with E-state index < -0.39 is 0 Å². The van der Waals surface area contributed by atoms with Gasteiger partial charge in [0.2, 0.25) is 0 Å². The lowest BCUT2D eigenvalue weighted by atomic mass is 10.2. The van der Waals surface area contributed by atoms with Crippen molar-refractivity contribution in [3.05, 3.63) is 29.8 Å². The van der Waals surface area contributed by atoms with Crippen LogP contribution >= 0.6 is 0 Å². The van der Waals surface area contributed by atoms with Gasteiger partial charge in [-0.1, -0.05) is 17.9 Å². The zero-order chi connectivity index (χ0) is 8.81. The Bertz CT molecular complexity index is 309. The molecule has 0 saturated carbocycles. The van der Waals surface area contributed by atoms with Gasteiger partial charge in [-0.15, -0.1) is 0 Å². The topological polar surface area (TPSA) is 32.3 Å². The van der Waals surface area contributed by atoms with Gasteiger partial charge in [0.15, 0.2) is 0 Å². The summed E-state index contributed by atoms with van der Waals surface area (Å²) in [5.74, 6) is 5.42. The first-order valence-electron chi connectivity index (χ1n) is 3.74. The molecule has 0 saturated heterocycles. The van der Waals surface area contributed by atoms with E-state index in [-0.39, 0.29) is 6.61 Å². The zero-order valence-electron chi connectivity index (χ0n) is 6.96. The number of anilines is 1. The molecule has 0 aliphatic rings. The van der Waals surface area contributed by atoms with E-state index in [0.29, 0.717) is 0 Å². The summed E-state index contributed by atoms with van der Waals surface area (Å²) in [5.41, 5.74) is 1.94. The summed E-state index contributed by atoms with van der Waals surface area (Å²) in [6.07, 6.45) is 0. The van der Waals surface area contributed by atoms with Crippen molar-refractivity contribution >= 4 is 5.69 Å². The van der Waals surface area contributed by atoms with Crippen molar-refractivity contribution < 1.29 is 5.11 Å². The fourth-order valence-electron chi connectivity index (χ4n) is 0.894. The molecule has 2 heteroatoms. The summed E-state index contributed by atoms with van der Waals surface area (Å²) in [4.78, 5) is 0. The lowest BCUT2D eigenvalue weighted by molar-refractivity contribution is 0.350. The molecule has 1 rings (SSSR count). The normalized spacial score (nSPS) is 8.50. The third-order valence-corrected chi connectivity index (χ3v) is 1.46. The summed E-state index contributed by atoms with van der Waals surface area (Å²) in [7, 11) is 1.86. The highest BCUT2D eigenvalue weighted by Gasteiger charge is 1.88. The number of aliphatic hydroxyl groups excluding tert-OH is 1. The Morgan fingerprint density at radius 1 is 1.50 bits per heavy atom. The molecular formula is C10H11NO. The molecule has 12 heavy (non-hydrogen) atoms. The van der Waals surface area contributed by atoms with E-state index >= 15 is 0 Å². The SMILES string of the molecule is CNc1cccc(C#CCO)c1. The van der Waals surface area contributed by atoms with Crippen LogP contribution in [0.15, 0.2) is 24.3 Å². The lowest BCUT2D eigenvalue weighted by Gasteiger charge is -1.98. The van der Waals surface area contributed by atoms with Gasteiger partial charge in [-0.05, 0) is 18.2 Å². The van der Waals surface area contributed by atoms with Gasteiger partial charge in [0, 0.05) is 18.3 Å². The van der Waals surface area contributed by atoms with Gasteiger partial charge in [-0.3, -0.25) is 0 Å². The van der Waals surface area contributed by atoms with Crippen LogP contribution in [-0.2, 0) is 0 Å². The van der Waals surface area contributed by atoms with Crippen LogP contribution in [0.25, 0.3) is 0 Å². The Morgan fingerprint density at radius 3 is 3.00 bits per heavy atom. The molecule has 0 fully saturated rings. The quantitative estimate of drug-likeness (QED) is 0.604. The zero-order valence-corrected chi connectivity index (χ0v) is 6.96. The second-order valence-corrected chi connectivity index (χ2v) is 2.29. The minimum atomic E-state index is -0.0935. The van der Waals surface area contributed by atoms with Gasteiger partial charge in [0.25, 0.3) is 0 Å². The molecule has 0 spiro atoms. The van der Waals surface area contributed by atoms with Gasteiger partial charge in [-0.25, -0.2) is 0 Å². The molecule has 0 heterocycles. The van der Waals surface area contributed by atoms with E-state index in [1.165, 1.54) is 0 Å². The largest absolute Gasteiger partial charge is 0.388 e. The maximum absolute atomic E-state index is 8.46. The number of hydrogen-bond acceptors (Lipinski definition) is 2. The molecular weight excluding hydrogens is 150 g/mol. The standard InChI is InChI=1S/C10H11NO/c1-11-10-6-2-4-9(8-10)5-3-7-12/h2,4,6,8,11-12H,7H2,1H3. The summed E-state index contributed by atoms with van der Waals surface area (Å²) >= 11 is 0. The predicted molar refractivity (Wildman–Crippen MR) is 50.0 cm³/mol. The number of benzene rings is 1. The number of hydrogen-bond donors (Lipinski definition) is 2. The molecule has 0 aromatic heterocycles. The minimum absolute atomic E-state index is 0.0935. The van der Waals surface area contributed by atoms with Gasteiger partial charge < -0.3 is 10.4 Å². The van der Waals surface area contributed by atoms with E-state index in [2.05, 4.69) is 17.2 Å². The first-order chi connectivity index (χ1) is 5.86. The Kier molecular flexibility index (Phi) is 3.18. The maximum atomic E-state index is 8.46. The first kappa shape index (κ1) is 8.63. The minimum Gasteiger partial charge on any atom is -0.388 e. The van der Waals surface area contributed by atoms with Crippen molar-refractivity contribution in [2.45, 2.75) is 0 Å². The van der Waals surface area contributed by atoms with Gasteiger partial charge >= 0.3 is 0 Å². The van der Waals surface area contributed by atoms with Crippen molar-refractivity contribution in [3.63, 3.8) is 0 Å². The molecule has 0 aliphatic carbocycles. The fraction of sp³-hybridized carbons (Fsp3) is 0.200. The summed E-state index contributed by atoms with van der Waals surface area (Å²) in [6.45, 7) is -0.0935. The summed E-state index contributed by atoms with van der Waals surface area (Å²) in [5, 5.41) is 11.5. The highest BCUT2D eigenvalue weighted by Crippen LogP contribution is 2.07. The van der Waals surface area contributed by atoms with Crippen molar-refractivity contribution in [2.24, 2.45) is 0 Å². The van der Waals surface area contributed by atoms with E-state index in [0.717, 1.165) is 11.3 Å². The van der Waals surface area contributed by atoms with Crippen molar-refractivity contribution in [1.82, 2.24) is 0 Å². The van der Waals surface area contributed by atoms with Crippen LogP contribution in [0.4, 0.5) is 5.69 Å². The average Bonchev–Trinajstić information content (AvgIpc) is 2.15. The Balaban J connectivity index is 2.86. The van der Waals surface area contributed by atoms with Crippen LogP contribution < -0.4 is 5.32 Å². The molecule has 2 nitrogen and oxygen atoms in total. The molecule has 0 amide bonds. The highest BCUT2D eigenvalue weighted by atomic mass is 16.2. The van der Waals surface area contributed by atoms with Crippen LogP contribution in [0.2, 0.25) is 0 Å². The molecule has 1 aromatic carbocycles. The smallest absolute Gasteiger partial charge is 0.104 e. The molecule has 0 unspecified atom stereocenters. The molecule has 2 N–H and O–H groups in total. The first-order valence-corrected chi connectivity index (χ1v) is 3.74.